The third-order valence-corrected chi connectivity index (χ3v) is 3.48. The highest BCUT2D eigenvalue weighted by Gasteiger charge is 2.27. The standard InChI is InChI=1S/C17H15FN2O4/c1-10(12-8-11(18)6-7-13(12)21)19-20-17(22)16-9-23-14-4-2-3-5-15(14)24-16/h2-8,16,21H,9H2,1H3,(H,20,22). The van der Waals surface area contributed by atoms with Gasteiger partial charge in [-0.25, -0.2) is 9.82 Å². The number of hydrazone groups is 1. The molecular formula is C17H15FN2O4. The van der Waals surface area contributed by atoms with Gasteiger partial charge in [-0.2, -0.15) is 5.10 Å². The van der Waals surface area contributed by atoms with E-state index in [1.54, 1.807) is 25.1 Å². The number of para-hydroxylation sites is 2. The van der Waals surface area contributed by atoms with Crippen LogP contribution >= 0.6 is 0 Å². The molecule has 1 heterocycles. The molecule has 1 aliphatic heterocycles. The molecule has 0 saturated carbocycles. The van der Waals surface area contributed by atoms with Crippen LogP contribution < -0.4 is 14.9 Å². The van der Waals surface area contributed by atoms with Gasteiger partial charge in [0.15, 0.2) is 11.5 Å². The van der Waals surface area contributed by atoms with Crippen molar-refractivity contribution in [3.8, 4) is 17.2 Å². The first-order chi connectivity index (χ1) is 11.5. The number of nitrogens with zero attached hydrogens (tertiary/aromatic N) is 1. The fourth-order valence-electron chi connectivity index (χ4n) is 2.22. The molecular weight excluding hydrogens is 315 g/mol. The highest BCUT2D eigenvalue weighted by molar-refractivity contribution is 6.01. The van der Waals surface area contributed by atoms with E-state index >= 15 is 0 Å². The quantitative estimate of drug-likeness (QED) is 0.668. The number of carbonyl (C=O) groups excluding carboxylic acids is 1. The lowest BCUT2D eigenvalue weighted by atomic mass is 10.1. The van der Waals surface area contributed by atoms with Gasteiger partial charge in [0.05, 0.1) is 5.71 Å². The molecule has 0 aromatic heterocycles. The largest absolute Gasteiger partial charge is 0.507 e. The molecule has 2 aromatic rings. The maximum atomic E-state index is 13.2. The molecule has 0 spiro atoms. The number of ether oxygens (including phenoxy) is 2. The summed E-state index contributed by atoms with van der Waals surface area (Å²) in [7, 11) is 0. The van der Waals surface area contributed by atoms with Gasteiger partial charge >= 0.3 is 0 Å². The summed E-state index contributed by atoms with van der Waals surface area (Å²) < 4.78 is 24.3. The van der Waals surface area contributed by atoms with Crippen molar-refractivity contribution < 1.29 is 23.8 Å². The number of benzene rings is 2. The van der Waals surface area contributed by atoms with Gasteiger partial charge in [0, 0.05) is 5.56 Å². The second-order valence-corrected chi connectivity index (χ2v) is 5.20. The number of carbonyl (C=O) groups is 1. The van der Waals surface area contributed by atoms with Crippen LogP contribution in [0.2, 0.25) is 0 Å². The number of rotatable bonds is 3. The Bertz CT molecular complexity index is 807. The summed E-state index contributed by atoms with van der Waals surface area (Å²) in [4.78, 5) is 12.1. The van der Waals surface area contributed by atoms with Crippen LogP contribution in [-0.4, -0.2) is 29.4 Å². The third-order valence-electron chi connectivity index (χ3n) is 3.48. The second kappa shape index (κ2) is 6.57. The Morgan fingerprint density at radius 3 is 2.83 bits per heavy atom. The lowest BCUT2D eigenvalue weighted by Gasteiger charge is -2.24. The first-order valence-corrected chi connectivity index (χ1v) is 7.26. The molecule has 0 bridgehead atoms. The molecule has 1 atom stereocenters. The van der Waals surface area contributed by atoms with E-state index in [0.29, 0.717) is 11.5 Å². The van der Waals surface area contributed by atoms with Crippen molar-refractivity contribution in [3.63, 3.8) is 0 Å². The molecule has 1 unspecified atom stereocenters. The zero-order valence-electron chi connectivity index (χ0n) is 12.8. The number of fused-ring (bicyclic) bond motifs is 1. The van der Waals surface area contributed by atoms with Crippen molar-refractivity contribution in [2.24, 2.45) is 5.10 Å². The molecule has 6 nitrogen and oxygen atoms in total. The molecule has 2 aromatic carbocycles. The number of aromatic hydroxyl groups is 1. The van der Waals surface area contributed by atoms with Gasteiger partial charge in [-0.3, -0.25) is 4.79 Å². The van der Waals surface area contributed by atoms with Crippen LogP contribution in [-0.2, 0) is 4.79 Å². The van der Waals surface area contributed by atoms with Gasteiger partial charge in [0.1, 0.15) is 18.2 Å². The van der Waals surface area contributed by atoms with Gasteiger partial charge in [0.25, 0.3) is 5.91 Å². The van der Waals surface area contributed by atoms with Gasteiger partial charge < -0.3 is 14.6 Å². The smallest absolute Gasteiger partial charge is 0.284 e. The molecule has 0 radical (unpaired) electrons. The topological polar surface area (TPSA) is 80.2 Å². The molecule has 0 saturated heterocycles. The molecule has 2 N–H and O–H groups in total. The van der Waals surface area contributed by atoms with Crippen molar-refractivity contribution in [2.75, 3.05) is 6.61 Å². The summed E-state index contributed by atoms with van der Waals surface area (Å²) in [5, 5.41) is 13.6. The number of hydrogen-bond acceptors (Lipinski definition) is 5. The monoisotopic (exact) mass is 330 g/mol. The summed E-state index contributed by atoms with van der Waals surface area (Å²) in [5.41, 5.74) is 2.80. The van der Waals surface area contributed by atoms with E-state index in [1.807, 2.05) is 6.07 Å². The Kier molecular flexibility index (Phi) is 4.33. The van der Waals surface area contributed by atoms with E-state index in [-0.39, 0.29) is 23.6 Å². The average Bonchev–Trinajstić information content (AvgIpc) is 2.61. The van der Waals surface area contributed by atoms with Crippen molar-refractivity contribution in [1.82, 2.24) is 5.43 Å². The van der Waals surface area contributed by atoms with Gasteiger partial charge in [-0.15, -0.1) is 0 Å². The first kappa shape index (κ1) is 15.8. The number of phenols is 1. The highest BCUT2D eigenvalue weighted by atomic mass is 19.1. The molecule has 24 heavy (non-hydrogen) atoms. The molecule has 1 amide bonds. The molecule has 0 fully saturated rings. The minimum absolute atomic E-state index is 0.0582. The van der Waals surface area contributed by atoms with Crippen LogP contribution in [0.25, 0.3) is 0 Å². The fraction of sp³-hybridized carbons (Fsp3) is 0.176. The Labute approximate surface area is 137 Å². The SMILES string of the molecule is CC(=NNC(=O)C1COc2ccccc2O1)c1cc(F)ccc1O. The van der Waals surface area contributed by atoms with Crippen LogP contribution in [0, 0.1) is 5.82 Å². The van der Waals surface area contributed by atoms with Crippen molar-refractivity contribution in [2.45, 2.75) is 13.0 Å². The van der Waals surface area contributed by atoms with E-state index in [4.69, 9.17) is 9.47 Å². The Hall–Kier alpha value is -3.09. The van der Waals surface area contributed by atoms with Crippen LogP contribution in [0.1, 0.15) is 12.5 Å². The van der Waals surface area contributed by atoms with E-state index in [0.717, 1.165) is 12.1 Å². The lowest BCUT2D eigenvalue weighted by molar-refractivity contribution is -0.130. The van der Waals surface area contributed by atoms with Gasteiger partial charge in [-0.1, -0.05) is 12.1 Å². The molecule has 0 aliphatic carbocycles. The van der Waals surface area contributed by atoms with Crippen molar-refractivity contribution >= 4 is 11.6 Å². The summed E-state index contributed by atoms with van der Waals surface area (Å²) in [6.07, 6.45) is -0.849. The summed E-state index contributed by atoms with van der Waals surface area (Å²) in [6, 6.07) is 10.5. The minimum atomic E-state index is -0.849. The van der Waals surface area contributed by atoms with E-state index < -0.39 is 17.8 Å². The van der Waals surface area contributed by atoms with E-state index in [1.165, 1.54) is 6.07 Å². The van der Waals surface area contributed by atoms with Crippen molar-refractivity contribution in [1.29, 1.82) is 0 Å². The Morgan fingerprint density at radius 1 is 1.29 bits per heavy atom. The molecule has 3 rings (SSSR count). The summed E-state index contributed by atoms with van der Waals surface area (Å²) in [5.74, 6) is -0.0830. The van der Waals surface area contributed by atoms with E-state index in [9.17, 15) is 14.3 Å². The number of hydrogen-bond donors (Lipinski definition) is 2. The van der Waals surface area contributed by atoms with Crippen LogP contribution in [0.15, 0.2) is 47.6 Å². The lowest BCUT2D eigenvalue weighted by Crippen LogP contribution is -2.42. The van der Waals surface area contributed by atoms with Gasteiger partial charge in [0.2, 0.25) is 6.10 Å². The van der Waals surface area contributed by atoms with Crippen LogP contribution in [0.4, 0.5) is 4.39 Å². The van der Waals surface area contributed by atoms with Crippen molar-refractivity contribution in [3.05, 3.63) is 53.8 Å². The van der Waals surface area contributed by atoms with Crippen LogP contribution in [0.3, 0.4) is 0 Å². The number of halogens is 1. The molecule has 7 heteroatoms. The number of nitrogens with one attached hydrogen (secondary N) is 1. The molecule has 124 valence electrons. The van der Waals surface area contributed by atoms with Gasteiger partial charge in [-0.05, 0) is 37.3 Å². The summed E-state index contributed by atoms with van der Waals surface area (Å²) in [6.45, 7) is 1.60. The third kappa shape index (κ3) is 3.29. The summed E-state index contributed by atoms with van der Waals surface area (Å²) >= 11 is 0. The average molecular weight is 330 g/mol. The van der Waals surface area contributed by atoms with Crippen LogP contribution in [0.5, 0.6) is 17.2 Å². The maximum Gasteiger partial charge on any atom is 0.284 e. The maximum absolute atomic E-state index is 13.2. The number of amides is 1. The zero-order chi connectivity index (χ0) is 17.1. The Balaban J connectivity index is 1.68. The van der Waals surface area contributed by atoms with E-state index in [2.05, 4.69) is 10.5 Å². The first-order valence-electron chi connectivity index (χ1n) is 7.26. The molecule has 1 aliphatic rings. The zero-order valence-corrected chi connectivity index (χ0v) is 12.8. The number of phenolic OH excluding ortho intramolecular Hbond substituents is 1. The normalized spacial score (nSPS) is 16.6. The highest BCUT2D eigenvalue weighted by Crippen LogP contribution is 2.30. The predicted molar refractivity (Wildman–Crippen MR) is 84.8 cm³/mol. The minimum Gasteiger partial charge on any atom is -0.507 e. The fourth-order valence-corrected chi connectivity index (χ4v) is 2.22. The Morgan fingerprint density at radius 2 is 2.04 bits per heavy atom. The second-order valence-electron chi connectivity index (χ2n) is 5.20. The predicted octanol–water partition coefficient (Wildman–Crippen LogP) is 2.21.